The van der Waals surface area contributed by atoms with Gasteiger partial charge in [-0.2, -0.15) is 0 Å². The predicted octanol–water partition coefficient (Wildman–Crippen LogP) is 0.762. The molecule has 1 N–H and O–H groups in total. The molecule has 0 spiro atoms. The highest BCUT2D eigenvalue weighted by molar-refractivity contribution is 6.22. The highest BCUT2D eigenvalue weighted by Crippen LogP contribution is 2.29. The van der Waals surface area contributed by atoms with Crippen molar-refractivity contribution in [2.24, 2.45) is 0 Å². The molecule has 0 aromatic carbocycles. The van der Waals surface area contributed by atoms with Crippen molar-refractivity contribution in [3.05, 3.63) is 36.2 Å². The molecule has 1 aliphatic rings. The fraction of sp³-hybridized carbons (Fsp3) is 0.286. The zero-order valence-electron chi connectivity index (χ0n) is 11.5. The Balaban J connectivity index is 2.87. The lowest BCUT2D eigenvalue weighted by Gasteiger charge is -2.22. The van der Waals surface area contributed by atoms with Gasteiger partial charge < -0.3 is 0 Å². The van der Waals surface area contributed by atoms with Crippen LogP contribution in [-0.2, 0) is 19.2 Å². The van der Waals surface area contributed by atoms with Crippen LogP contribution in [0.25, 0.3) is 0 Å². The second-order valence-electron chi connectivity index (χ2n) is 4.45. The summed E-state index contributed by atoms with van der Waals surface area (Å²) < 4.78 is 13.3. The zero-order chi connectivity index (χ0) is 16.2. The number of rotatable bonds is 7. The Morgan fingerprint density at radius 2 is 2.05 bits per heavy atom. The number of hydrogen-bond acceptors (Lipinski definition) is 4. The van der Waals surface area contributed by atoms with Crippen molar-refractivity contribution in [2.45, 2.75) is 25.8 Å². The first-order valence-electron chi connectivity index (χ1n) is 6.17. The molecule has 1 aliphatic heterocycles. The van der Waals surface area contributed by atoms with Gasteiger partial charge in [0, 0.05) is 12.5 Å². The molecule has 0 bridgehead atoms. The molecule has 6 nitrogen and oxygen atoms in total. The molecule has 112 valence electrons. The summed E-state index contributed by atoms with van der Waals surface area (Å²) in [7, 11) is 0. The van der Waals surface area contributed by atoms with Crippen LogP contribution < -0.4 is 5.32 Å². The molecule has 4 amide bonds. The molecule has 1 unspecified atom stereocenters. The van der Waals surface area contributed by atoms with E-state index >= 15 is 0 Å². The van der Waals surface area contributed by atoms with Gasteiger partial charge in [-0.25, -0.2) is 4.39 Å². The number of hydrogen-bond donors (Lipinski definition) is 1. The van der Waals surface area contributed by atoms with Crippen LogP contribution in [-0.4, -0.2) is 35.1 Å². The number of halogens is 1. The molecular weight excluding hydrogens is 279 g/mol. The van der Waals surface area contributed by atoms with E-state index in [0.717, 1.165) is 11.0 Å². The average molecular weight is 294 g/mol. The van der Waals surface area contributed by atoms with Gasteiger partial charge in [-0.05, 0) is 13.3 Å². The topological polar surface area (TPSA) is 83.6 Å². The molecule has 7 heteroatoms. The molecule has 1 heterocycles. The van der Waals surface area contributed by atoms with E-state index in [9.17, 15) is 23.6 Å². The van der Waals surface area contributed by atoms with Crippen molar-refractivity contribution in [2.75, 3.05) is 0 Å². The van der Waals surface area contributed by atoms with E-state index in [-0.39, 0.29) is 24.8 Å². The molecule has 0 radical (unpaired) electrons. The number of nitrogens with one attached hydrogen (secondary N) is 1. The fourth-order valence-corrected chi connectivity index (χ4v) is 2.02. The monoisotopic (exact) mass is 294 g/mol. The summed E-state index contributed by atoms with van der Waals surface area (Å²) in [5, 5.41) is 1.95. The van der Waals surface area contributed by atoms with E-state index in [1.54, 1.807) is 6.92 Å². The molecule has 0 aliphatic carbocycles. The second kappa shape index (κ2) is 6.74. The van der Waals surface area contributed by atoms with Crippen molar-refractivity contribution in [1.82, 2.24) is 10.2 Å². The van der Waals surface area contributed by atoms with Crippen molar-refractivity contribution in [3.8, 4) is 0 Å². The molecule has 1 rings (SSSR count). The summed E-state index contributed by atoms with van der Waals surface area (Å²) >= 11 is 0. The third-order valence-corrected chi connectivity index (χ3v) is 3.08. The number of nitrogens with zero attached hydrogens (tertiary/aromatic N) is 1. The molecule has 0 saturated heterocycles. The van der Waals surface area contributed by atoms with Crippen LogP contribution in [0.3, 0.4) is 0 Å². The highest BCUT2D eigenvalue weighted by Gasteiger charge is 2.40. The second-order valence-corrected chi connectivity index (χ2v) is 4.45. The minimum Gasteiger partial charge on any atom is -0.299 e. The molecule has 0 fully saturated rings. The molecular formula is C14H15FN2O4. The maximum Gasteiger partial charge on any atom is 0.264 e. The minimum atomic E-state index is -1.00. The Morgan fingerprint density at radius 1 is 1.43 bits per heavy atom. The van der Waals surface area contributed by atoms with Crippen LogP contribution in [0, 0.1) is 0 Å². The zero-order valence-corrected chi connectivity index (χ0v) is 11.5. The summed E-state index contributed by atoms with van der Waals surface area (Å²) in [5.41, 5.74) is -0.545. The molecule has 21 heavy (non-hydrogen) atoms. The lowest BCUT2D eigenvalue weighted by atomic mass is 10.1. The Bertz CT molecular complexity index is 565. The Labute approximate surface area is 121 Å². The predicted molar refractivity (Wildman–Crippen MR) is 72.2 cm³/mol. The number of carbonyl (C=O) groups is 4. The van der Waals surface area contributed by atoms with Crippen molar-refractivity contribution >= 4 is 24.1 Å². The van der Waals surface area contributed by atoms with Crippen molar-refractivity contribution in [3.63, 3.8) is 0 Å². The van der Waals surface area contributed by atoms with E-state index in [1.165, 1.54) is 0 Å². The maximum absolute atomic E-state index is 13.3. The standard InChI is InChI=1S/C14H15FN2O4/c1-4-10-12(9(3)15)14(21)17(13(10)20)8(2)5-6-11(19)16-7-18/h4,7-8H,1,3,5-6H2,2H3,(H,16,18,19). The quantitative estimate of drug-likeness (QED) is 0.555. The van der Waals surface area contributed by atoms with E-state index in [0.29, 0.717) is 0 Å². The first-order chi connectivity index (χ1) is 9.84. The van der Waals surface area contributed by atoms with Crippen LogP contribution in [0.15, 0.2) is 36.2 Å². The van der Waals surface area contributed by atoms with Gasteiger partial charge in [-0.1, -0.05) is 19.2 Å². The van der Waals surface area contributed by atoms with Gasteiger partial charge in [0.2, 0.25) is 12.3 Å². The third kappa shape index (κ3) is 3.31. The van der Waals surface area contributed by atoms with Gasteiger partial charge in [0.25, 0.3) is 11.8 Å². The Morgan fingerprint density at radius 3 is 2.48 bits per heavy atom. The SMILES string of the molecule is C=CC1=C(C(=C)F)C(=O)N(C(C)CCC(=O)NC=O)C1=O. The van der Waals surface area contributed by atoms with E-state index in [4.69, 9.17) is 0 Å². The van der Waals surface area contributed by atoms with Gasteiger partial charge in [-0.15, -0.1) is 0 Å². The van der Waals surface area contributed by atoms with Gasteiger partial charge >= 0.3 is 0 Å². The lowest BCUT2D eigenvalue weighted by molar-refractivity contribution is -0.140. The number of carbonyl (C=O) groups excluding carboxylic acids is 4. The first kappa shape index (κ1) is 16.5. The molecule has 0 aromatic heterocycles. The summed E-state index contributed by atoms with van der Waals surface area (Å²) in [4.78, 5) is 46.3. The normalized spacial score (nSPS) is 16.0. The maximum atomic E-state index is 13.3. The lowest BCUT2D eigenvalue weighted by Crippen LogP contribution is -2.40. The van der Waals surface area contributed by atoms with Gasteiger partial charge in [0.15, 0.2) is 0 Å². The smallest absolute Gasteiger partial charge is 0.264 e. The van der Waals surface area contributed by atoms with Crippen molar-refractivity contribution in [1.29, 1.82) is 0 Å². The van der Waals surface area contributed by atoms with E-state index in [2.05, 4.69) is 13.2 Å². The Hall–Kier alpha value is -2.57. The fourth-order valence-electron chi connectivity index (χ4n) is 2.02. The minimum absolute atomic E-state index is 0.0493. The van der Waals surface area contributed by atoms with Gasteiger partial charge in [0.05, 0.1) is 11.1 Å². The third-order valence-electron chi connectivity index (χ3n) is 3.08. The van der Waals surface area contributed by atoms with Crippen LogP contribution in [0.1, 0.15) is 19.8 Å². The van der Waals surface area contributed by atoms with Crippen molar-refractivity contribution < 1.29 is 23.6 Å². The van der Waals surface area contributed by atoms with E-state index in [1.807, 2.05) is 5.32 Å². The van der Waals surface area contributed by atoms with Crippen LogP contribution >= 0.6 is 0 Å². The van der Waals surface area contributed by atoms with Crippen LogP contribution in [0.5, 0.6) is 0 Å². The number of imide groups is 2. The summed E-state index contributed by atoms with van der Waals surface area (Å²) in [6.45, 7) is 7.97. The molecule has 0 aromatic rings. The summed E-state index contributed by atoms with van der Waals surface area (Å²) in [5.74, 6) is -3.00. The van der Waals surface area contributed by atoms with Gasteiger partial charge in [0.1, 0.15) is 5.83 Å². The summed E-state index contributed by atoms with van der Waals surface area (Å²) in [6, 6.07) is -0.630. The highest BCUT2D eigenvalue weighted by atomic mass is 19.1. The largest absolute Gasteiger partial charge is 0.299 e. The Kier molecular flexibility index (Phi) is 5.29. The van der Waals surface area contributed by atoms with Gasteiger partial charge in [-0.3, -0.25) is 29.4 Å². The first-order valence-corrected chi connectivity index (χ1v) is 6.17. The van der Waals surface area contributed by atoms with Crippen LogP contribution in [0.2, 0.25) is 0 Å². The van der Waals surface area contributed by atoms with Crippen LogP contribution in [0.4, 0.5) is 4.39 Å². The number of amides is 4. The van der Waals surface area contributed by atoms with E-state index < -0.39 is 35.2 Å². The molecule has 1 atom stereocenters. The average Bonchev–Trinajstić information content (AvgIpc) is 2.67. The molecule has 0 saturated carbocycles. The summed E-state index contributed by atoms with van der Waals surface area (Å²) in [6.07, 6.45) is 1.45.